The van der Waals surface area contributed by atoms with Crippen LogP contribution in [0.25, 0.3) is 10.6 Å². The lowest BCUT2D eigenvalue weighted by Crippen LogP contribution is -2.23. The first-order chi connectivity index (χ1) is 15.1. The van der Waals surface area contributed by atoms with Crippen molar-refractivity contribution in [2.45, 2.75) is 13.2 Å². The fraction of sp³-hybridized carbons (Fsp3) is 0.0870. The van der Waals surface area contributed by atoms with Crippen LogP contribution in [0, 0.1) is 5.82 Å². The predicted molar refractivity (Wildman–Crippen MR) is 119 cm³/mol. The van der Waals surface area contributed by atoms with Crippen molar-refractivity contribution in [1.82, 2.24) is 15.3 Å². The van der Waals surface area contributed by atoms with Gasteiger partial charge in [0.2, 0.25) is 0 Å². The maximum atomic E-state index is 13.9. The first-order valence-electron chi connectivity index (χ1n) is 9.39. The monoisotopic (exact) mass is 453 g/mol. The topological polar surface area (TPSA) is 64.1 Å². The first kappa shape index (κ1) is 21.0. The number of ether oxygens (including phenoxy) is 1. The van der Waals surface area contributed by atoms with Crippen LogP contribution in [0.5, 0.6) is 5.75 Å². The molecule has 0 unspecified atom stereocenters. The van der Waals surface area contributed by atoms with Gasteiger partial charge >= 0.3 is 0 Å². The van der Waals surface area contributed by atoms with E-state index in [2.05, 4.69) is 15.3 Å². The van der Waals surface area contributed by atoms with Crippen molar-refractivity contribution in [2.24, 2.45) is 0 Å². The normalized spacial score (nSPS) is 10.6. The highest BCUT2D eigenvalue weighted by molar-refractivity contribution is 7.13. The number of aromatic nitrogens is 2. The number of hydrogen-bond acceptors (Lipinski definition) is 5. The van der Waals surface area contributed by atoms with Gasteiger partial charge in [0.1, 0.15) is 28.9 Å². The summed E-state index contributed by atoms with van der Waals surface area (Å²) in [6.45, 7) is 0.441. The number of pyridine rings is 1. The molecule has 0 bridgehead atoms. The van der Waals surface area contributed by atoms with E-state index in [0.717, 1.165) is 16.1 Å². The third-order valence-electron chi connectivity index (χ3n) is 4.49. The Bertz CT molecular complexity index is 1160. The maximum Gasteiger partial charge on any atom is 0.271 e. The Labute approximate surface area is 187 Å². The molecule has 0 radical (unpaired) electrons. The van der Waals surface area contributed by atoms with Gasteiger partial charge in [0, 0.05) is 35.4 Å². The number of carbonyl (C=O) groups excluding carboxylic acids is 1. The number of halogens is 2. The Morgan fingerprint density at radius 1 is 1.10 bits per heavy atom. The second-order valence-electron chi connectivity index (χ2n) is 6.59. The Morgan fingerprint density at radius 3 is 2.61 bits per heavy atom. The number of amides is 1. The summed E-state index contributed by atoms with van der Waals surface area (Å²) < 4.78 is 19.5. The number of rotatable bonds is 7. The van der Waals surface area contributed by atoms with Gasteiger partial charge in [-0.2, -0.15) is 0 Å². The van der Waals surface area contributed by atoms with Gasteiger partial charge in [-0.15, -0.1) is 11.3 Å². The first-order valence-corrected chi connectivity index (χ1v) is 10.6. The van der Waals surface area contributed by atoms with E-state index in [1.165, 1.54) is 17.4 Å². The van der Waals surface area contributed by atoms with Crippen LogP contribution < -0.4 is 10.1 Å². The lowest BCUT2D eigenvalue weighted by atomic mass is 10.2. The Kier molecular flexibility index (Phi) is 6.54. The van der Waals surface area contributed by atoms with E-state index in [1.807, 2.05) is 24.3 Å². The van der Waals surface area contributed by atoms with Gasteiger partial charge < -0.3 is 10.1 Å². The number of nitrogens with one attached hydrogen (secondary N) is 1. The number of nitrogens with zero attached hydrogens (tertiary/aromatic N) is 2. The molecule has 0 fully saturated rings. The number of benzene rings is 2. The number of thiazole rings is 1. The van der Waals surface area contributed by atoms with E-state index in [-0.39, 0.29) is 12.5 Å². The zero-order valence-corrected chi connectivity index (χ0v) is 17.8. The summed E-state index contributed by atoms with van der Waals surface area (Å²) >= 11 is 7.41. The third-order valence-corrected chi connectivity index (χ3v) is 5.73. The molecule has 0 saturated carbocycles. The summed E-state index contributed by atoms with van der Waals surface area (Å²) in [4.78, 5) is 20.7. The summed E-state index contributed by atoms with van der Waals surface area (Å²) in [6.07, 6.45) is 3.36. The SMILES string of the molecule is O=C(NCc1ccncc1)c1csc(-c2ccc(OCc3c(F)cccc3Cl)cc2)n1. The van der Waals surface area contributed by atoms with Crippen LogP contribution in [0.15, 0.2) is 72.4 Å². The van der Waals surface area contributed by atoms with Gasteiger partial charge in [-0.25, -0.2) is 9.37 Å². The number of hydrogen-bond donors (Lipinski definition) is 1. The zero-order chi connectivity index (χ0) is 21.6. The average Bonchev–Trinajstić information content (AvgIpc) is 3.29. The molecular weight excluding hydrogens is 437 g/mol. The minimum atomic E-state index is -0.401. The lowest BCUT2D eigenvalue weighted by molar-refractivity contribution is 0.0946. The fourth-order valence-corrected chi connectivity index (χ4v) is 3.83. The van der Waals surface area contributed by atoms with Gasteiger partial charge in [-0.05, 0) is 54.1 Å². The van der Waals surface area contributed by atoms with Gasteiger partial charge in [0.25, 0.3) is 5.91 Å². The molecule has 0 saturated heterocycles. The van der Waals surface area contributed by atoms with Crippen molar-refractivity contribution in [2.75, 3.05) is 0 Å². The third kappa shape index (κ3) is 5.25. The van der Waals surface area contributed by atoms with E-state index < -0.39 is 5.82 Å². The highest BCUT2D eigenvalue weighted by Gasteiger charge is 2.12. The van der Waals surface area contributed by atoms with Crippen LogP contribution in [0.3, 0.4) is 0 Å². The van der Waals surface area contributed by atoms with Crippen molar-refractivity contribution < 1.29 is 13.9 Å². The molecule has 1 amide bonds. The standard InChI is InChI=1S/C23H17ClFN3O2S/c24-19-2-1-3-20(25)18(19)13-30-17-6-4-16(5-7-17)23-28-21(14-31-23)22(29)27-12-15-8-10-26-11-9-15/h1-11,14H,12-13H2,(H,27,29). The molecule has 4 rings (SSSR count). The van der Waals surface area contributed by atoms with Crippen molar-refractivity contribution in [3.8, 4) is 16.3 Å². The fourth-order valence-electron chi connectivity index (χ4n) is 2.80. The smallest absolute Gasteiger partial charge is 0.271 e. The highest BCUT2D eigenvalue weighted by atomic mass is 35.5. The quantitative estimate of drug-likeness (QED) is 0.401. The molecule has 0 atom stereocenters. The largest absolute Gasteiger partial charge is 0.489 e. The molecule has 2 aromatic heterocycles. The molecular formula is C23H17ClFN3O2S. The zero-order valence-electron chi connectivity index (χ0n) is 16.2. The van der Waals surface area contributed by atoms with E-state index in [4.69, 9.17) is 16.3 Å². The minimum Gasteiger partial charge on any atom is -0.489 e. The van der Waals surface area contributed by atoms with Crippen molar-refractivity contribution >= 4 is 28.8 Å². The Balaban J connectivity index is 1.37. The molecule has 0 aliphatic rings. The molecule has 0 spiro atoms. The summed E-state index contributed by atoms with van der Waals surface area (Å²) in [5.41, 5.74) is 2.50. The molecule has 8 heteroatoms. The molecule has 0 aliphatic heterocycles. The summed E-state index contributed by atoms with van der Waals surface area (Å²) in [5, 5.41) is 5.62. The summed E-state index contributed by atoms with van der Waals surface area (Å²) in [7, 11) is 0. The van der Waals surface area contributed by atoms with Crippen molar-refractivity contribution in [1.29, 1.82) is 0 Å². The molecule has 2 aromatic carbocycles. The molecule has 31 heavy (non-hydrogen) atoms. The average molecular weight is 454 g/mol. The summed E-state index contributed by atoms with van der Waals surface area (Å²) in [5.74, 6) is -0.0578. The van der Waals surface area contributed by atoms with Crippen LogP contribution in [0.2, 0.25) is 5.02 Å². The van der Waals surface area contributed by atoms with Crippen LogP contribution in [-0.2, 0) is 13.2 Å². The molecule has 156 valence electrons. The summed E-state index contributed by atoms with van der Waals surface area (Å²) in [6, 6.07) is 15.4. The van der Waals surface area contributed by atoms with E-state index in [9.17, 15) is 9.18 Å². The van der Waals surface area contributed by atoms with Crippen LogP contribution in [0.1, 0.15) is 21.6 Å². The molecule has 5 nitrogen and oxygen atoms in total. The molecule has 0 aliphatic carbocycles. The van der Waals surface area contributed by atoms with Crippen LogP contribution in [-0.4, -0.2) is 15.9 Å². The minimum absolute atomic E-state index is 0.0316. The van der Waals surface area contributed by atoms with E-state index in [0.29, 0.717) is 28.6 Å². The van der Waals surface area contributed by atoms with Crippen LogP contribution in [0.4, 0.5) is 4.39 Å². The van der Waals surface area contributed by atoms with Gasteiger partial charge in [0.15, 0.2) is 0 Å². The van der Waals surface area contributed by atoms with E-state index in [1.54, 1.807) is 42.0 Å². The van der Waals surface area contributed by atoms with Crippen LogP contribution >= 0.6 is 22.9 Å². The lowest BCUT2D eigenvalue weighted by Gasteiger charge is -2.09. The molecule has 1 N–H and O–H groups in total. The van der Waals surface area contributed by atoms with Crippen molar-refractivity contribution in [3.63, 3.8) is 0 Å². The number of carbonyl (C=O) groups is 1. The Morgan fingerprint density at radius 2 is 1.87 bits per heavy atom. The Hall–Kier alpha value is -3.29. The predicted octanol–water partition coefficient (Wildman–Crippen LogP) is 5.51. The van der Waals surface area contributed by atoms with Gasteiger partial charge in [-0.1, -0.05) is 17.7 Å². The van der Waals surface area contributed by atoms with Gasteiger partial charge in [-0.3, -0.25) is 9.78 Å². The van der Waals surface area contributed by atoms with Gasteiger partial charge in [0.05, 0.1) is 5.02 Å². The maximum absolute atomic E-state index is 13.9. The highest BCUT2D eigenvalue weighted by Crippen LogP contribution is 2.27. The molecule has 4 aromatic rings. The molecule has 2 heterocycles. The second-order valence-corrected chi connectivity index (χ2v) is 7.85. The van der Waals surface area contributed by atoms with Crippen molar-refractivity contribution in [3.05, 3.63) is 100 Å². The van der Waals surface area contributed by atoms with E-state index >= 15 is 0 Å². The second kappa shape index (κ2) is 9.68.